The first-order valence-electron chi connectivity index (χ1n) is 13.0. The highest BCUT2D eigenvalue weighted by Crippen LogP contribution is 2.40. The Bertz CT molecular complexity index is 1600. The quantitative estimate of drug-likeness (QED) is 0.285. The molecule has 2 aliphatic rings. The van der Waals surface area contributed by atoms with Gasteiger partial charge in [0.25, 0.3) is 11.1 Å². The van der Waals surface area contributed by atoms with Crippen molar-refractivity contribution in [1.29, 1.82) is 5.26 Å². The lowest BCUT2D eigenvalue weighted by molar-refractivity contribution is -0.136. The average Bonchev–Trinajstić information content (AvgIpc) is 3.23. The van der Waals surface area contributed by atoms with Crippen LogP contribution >= 0.6 is 27.7 Å². The lowest BCUT2D eigenvalue weighted by Gasteiger charge is -2.29. The Hall–Kier alpha value is -4.07. The van der Waals surface area contributed by atoms with E-state index in [1.54, 1.807) is 35.2 Å². The maximum atomic E-state index is 13.2. The van der Waals surface area contributed by atoms with Crippen LogP contribution in [0.5, 0.6) is 11.5 Å². The van der Waals surface area contributed by atoms with Crippen molar-refractivity contribution in [2.24, 2.45) is 0 Å². The summed E-state index contributed by atoms with van der Waals surface area (Å²) in [6, 6.07) is 20.8. The van der Waals surface area contributed by atoms with Crippen LogP contribution in [0.4, 0.5) is 4.79 Å². The van der Waals surface area contributed by atoms with Crippen LogP contribution < -0.4 is 9.47 Å². The summed E-state index contributed by atoms with van der Waals surface area (Å²) in [7, 11) is 0. The van der Waals surface area contributed by atoms with Gasteiger partial charge < -0.3 is 14.4 Å². The van der Waals surface area contributed by atoms with E-state index in [2.05, 4.69) is 28.1 Å². The molecule has 0 saturated carbocycles. The second-order valence-corrected chi connectivity index (χ2v) is 11.3. The van der Waals surface area contributed by atoms with E-state index in [0.717, 1.165) is 34.2 Å². The molecule has 5 rings (SSSR count). The third kappa shape index (κ3) is 6.32. The maximum Gasteiger partial charge on any atom is 0.294 e. The highest BCUT2D eigenvalue weighted by molar-refractivity contribution is 9.10. The van der Waals surface area contributed by atoms with Crippen LogP contribution in [0, 0.1) is 11.3 Å². The fraction of sp³-hybridized carbons (Fsp3) is 0.226. The number of nitrogens with zero attached hydrogens (tertiary/aromatic N) is 3. The minimum absolute atomic E-state index is 0.164. The van der Waals surface area contributed by atoms with E-state index in [9.17, 15) is 19.6 Å². The van der Waals surface area contributed by atoms with Gasteiger partial charge in [-0.1, -0.05) is 42.5 Å². The molecular weight excluding hydrogens is 606 g/mol. The van der Waals surface area contributed by atoms with E-state index in [-0.39, 0.29) is 24.0 Å². The number of halogens is 1. The van der Waals surface area contributed by atoms with Crippen LogP contribution in [0.3, 0.4) is 0 Å². The zero-order chi connectivity index (χ0) is 28.9. The molecule has 1 fully saturated rings. The van der Waals surface area contributed by atoms with Crippen molar-refractivity contribution in [3.63, 3.8) is 0 Å². The Morgan fingerprint density at radius 2 is 1.85 bits per heavy atom. The zero-order valence-corrected chi connectivity index (χ0v) is 24.7. The molecule has 41 heavy (non-hydrogen) atoms. The van der Waals surface area contributed by atoms with Crippen LogP contribution in [0.25, 0.3) is 6.08 Å². The molecule has 0 aromatic heterocycles. The molecular formula is C31H26BrN3O5S. The van der Waals surface area contributed by atoms with Crippen LogP contribution in [0.1, 0.15) is 34.7 Å². The predicted molar refractivity (Wildman–Crippen MR) is 159 cm³/mol. The number of ether oxygens (including phenoxy) is 2. The number of carbonyl (C=O) groups excluding carboxylic acids is 3. The molecule has 0 bridgehead atoms. The van der Waals surface area contributed by atoms with E-state index in [1.807, 2.05) is 37.3 Å². The van der Waals surface area contributed by atoms with E-state index in [1.165, 1.54) is 5.56 Å². The summed E-state index contributed by atoms with van der Waals surface area (Å²) in [5.41, 5.74) is 4.18. The summed E-state index contributed by atoms with van der Waals surface area (Å²) >= 11 is 4.34. The molecule has 2 aliphatic heterocycles. The van der Waals surface area contributed by atoms with Crippen molar-refractivity contribution in [3.8, 4) is 17.6 Å². The summed E-state index contributed by atoms with van der Waals surface area (Å²) < 4.78 is 12.4. The standard InChI is InChI=1S/C31H26BrN3O5S/c1-2-39-26-14-20(13-25(32)29(26)40-19-24-10-6-4-8-22(24)16-33)15-27-30(37)35(31(38)41-27)18-28(36)34-12-11-21-7-3-5-9-23(21)17-34/h3-10,13-15H,2,11-12,17-19H2,1H3/b27-15-. The molecule has 0 unspecified atom stereocenters. The molecule has 0 radical (unpaired) electrons. The van der Waals surface area contributed by atoms with Crippen LogP contribution in [-0.2, 0) is 29.2 Å². The number of imide groups is 1. The van der Waals surface area contributed by atoms with Crippen molar-refractivity contribution >= 4 is 50.8 Å². The van der Waals surface area contributed by atoms with Crippen molar-refractivity contribution < 1.29 is 23.9 Å². The van der Waals surface area contributed by atoms with Crippen LogP contribution in [-0.4, -0.2) is 46.5 Å². The third-order valence-electron chi connectivity index (χ3n) is 6.79. The Morgan fingerprint density at radius 1 is 1.10 bits per heavy atom. The van der Waals surface area contributed by atoms with Crippen molar-refractivity contribution in [2.45, 2.75) is 26.5 Å². The van der Waals surface area contributed by atoms with Gasteiger partial charge in [0, 0.05) is 18.7 Å². The largest absolute Gasteiger partial charge is 0.490 e. The second-order valence-electron chi connectivity index (χ2n) is 9.42. The molecule has 0 N–H and O–H groups in total. The van der Waals surface area contributed by atoms with Crippen LogP contribution in [0.2, 0.25) is 0 Å². The Morgan fingerprint density at radius 3 is 2.63 bits per heavy atom. The number of hydrogen-bond acceptors (Lipinski definition) is 7. The van der Waals surface area contributed by atoms with Gasteiger partial charge in [0.1, 0.15) is 13.2 Å². The van der Waals surface area contributed by atoms with Gasteiger partial charge in [-0.25, -0.2) is 0 Å². The fourth-order valence-electron chi connectivity index (χ4n) is 4.71. The number of thioether (sulfide) groups is 1. The number of rotatable bonds is 8. The van der Waals surface area contributed by atoms with Gasteiger partial charge in [0.2, 0.25) is 5.91 Å². The average molecular weight is 633 g/mol. The highest BCUT2D eigenvalue weighted by Gasteiger charge is 2.37. The molecule has 3 aromatic carbocycles. The minimum atomic E-state index is -0.506. The third-order valence-corrected chi connectivity index (χ3v) is 8.29. The molecule has 0 spiro atoms. The molecule has 3 amide bonds. The topological polar surface area (TPSA) is 99.9 Å². The summed E-state index contributed by atoms with van der Waals surface area (Å²) in [6.07, 6.45) is 2.35. The predicted octanol–water partition coefficient (Wildman–Crippen LogP) is 5.92. The first kappa shape index (κ1) is 28.5. The lowest BCUT2D eigenvalue weighted by Crippen LogP contribution is -2.44. The molecule has 10 heteroatoms. The number of carbonyl (C=O) groups is 3. The minimum Gasteiger partial charge on any atom is -0.490 e. The molecule has 208 valence electrons. The molecule has 2 heterocycles. The Labute approximate surface area is 250 Å². The number of fused-ring (bicyclic) bond motifs is 1. The number of nitriles is 1. The number of benzene rings is 3. The van der Waals surface area contributed by atoms with Gasteiger partial charge >= 0.3 is 0 Å². The molecule has 3 aromatic rings. The summed E-state index contributed by atoms with van der Waals surface area (Å²) in [5.74, 6) is 0.137. The lowest BCUT2D eigenvalue weighted by atomic mass is 10.00. The van der Waals surface area contributed by atoms with Crippen LogP contribution in [0.15, 0.2) is 70.0 Å². The maximum absolute atomic E-state index is 13.2. The Balaban J connectivity index is 1.30. The highest BCUT2D eigenvalue weighted by atomic mass is 79.9. The first-order chi connectivity index (χ1) is 19.9. The number of amides is 3. The van der Waals surface area contributed by atoms with Crippen molar-refractivity contribution in [3.05, 3.63) is 97.9 Å². The number of hydrogen-bond donors (Lipinski definition) is 0. The summed E-state index contributed by atoms with van der Waals surface area (Å²) in [6.45, 7) is 3.10. The molecule has 1 saturated heterocycles. The molecule has 0 atom stereocenters. The monoisotopic (exact) mass is 631 g/mol. The van der Waals surface area contributed by atoms with E-state index < -0.39 is 11.1 Å². The van der Waals surface area contributed by atoms with Crippen molar-refractivity contribution in [1.82, 2.24) is 9.80 Å². The second kappa shape index (κ2) is 12.6. The van der Waals surface area contributed by atoms with Gasteiger partial charge in [0.15, 0.2) is 11.5 Å². The summed E-state index contributed by atoms with van der Waals surface area (Å²) in [4.78, 5) is 41.8. The zero-order valence-electron chi connectivity index (χ0n) is 22.3. The fourth-order valence-corrected chi connectivity index (χ4v) is 6.12. The van der Waals surface area contributed by atoms with E-state index in [4.69, 9.17) is 9.47 Å². The molecule has 8 nitrogen and oxygen atoms in total. The van der Waals surface area contributed by atoms with Gasteiger partial charge in [-0.2, -0.15) is 5.26 Å². The van der Waals surface area contributed by atoms with Gasteiger partial charge in [0.05, 0.1) is 27.6 Å². The van der Waals surface area contributed by atoms with Gasteiger partial charge in [-0.3, -0.25) is 19.3 Å². The van der Waals surface area contributed by atoms with Crippen molar-refractivity contribution in [2.75, 3.05) is 19.7 Å². The van der Waals surface area contributed by atoms with Gasteiger partial charge in [-0.05, 0) is 82.0 Å². The molecule has 0 aliphatic carbocycles. The van der Waals surface area contributed by atoms with E-state index >= 15 is 0 Å². The normalized spacial score (nSPS) is 15.6. The summed E-state index contributed by atoms with van der Waals surface area (Å²) in [5, 5.41) is 8.89. The Kier molecular flexibility index (Phi) is 8.76. The smallest absolute Gasteiger partial charge is 0.294 e. The van der Waals surface area contributed by atoms with E-state index in [0.29, 0.717) is 46.8 Å². The van der Waals surface area contributed by atoms with Gasteiger partial charge in [-0.15, -0.1) is 0 Å². The first-order valence-corrected chi connectivity index (χ1v) is 14.7. The SMILES string of the molecule is CCOc1cc(/C=C2\SC(=O)N(CC(=O)N3CCc4ccccc4C3)C2=O)cc(Br)c1OCc1ccccc1C#N.